The number of aryl methyl sites for hydroxylation is 2. The van der Waals surface area contributed by atoms with Gasteiger partial charge >= 0.3 is 0 Å². The van der Waals surface area contributed by atoms with Crippen LogP contribution in [0.1, 0.15) is 29.8 Å². The minimum Gasteiger partial charge on any atom is -0.353 e. The Morgan fingerprint density at radius 1 is 1.46 bits per heavy atom. The Balaban J connectivity index is 1.94. The van der Waals surface area contributed by atoms with Gasteiger partial charge in [0.05, 0.1) is 5.69 Å². The fraction of sp³-hybridized carbons (Fsp3) is 0.412. The molecule has 1 aromatic heterocycles. The van der Waals surface area contributed by atoms with Crippen LogP contribution in [-0.2, 0) is 24.8 Å². The van der Waals surface area contributed by atoms with E-state index in [2.05, 4.69) is 10.4 Å². The number of amides is 1. The van der Waals surface area contributed by atoms with Crippen molar-refractivity contribution in [1.82, 2.24) is 20.0 Å². The lowest BCUT2D eigenvalue weighted by atomic mass is 10.0. The van der Waals surface area contributed by atoms with Crippen LogP contribution in [0.4, 0.5) is 4.39 Å². The molecule has 0 spiro atoms. The normalized spacial score (nSPS) is 18.7. The minimum atomic E-state index is -0.532. The van der Waals surface area contributed by atoms with E-state index in [4.69, 9.17) is 11.6 Å². The second-order valence-corrected chi connectivity index (χ2v) is 6.27. The largest absolute Gasteiger partial charge is 0.353 e. The predicted molar refractivity (Wildman–Crippen MR) is 90.2 cm³/mol. The third-order valence-electron chi connectivity index (χ3n) is 4.32. The van der Waals surface area contributed by atoms with Crippen molar-refractivity contribution in [3.05, 3.63) is 52.1 Å². The first kappa shape index (κ1) is 16.9. The van der Waals surface area contributed by atoms with Gasteiger partial charge in [0.1, 0.15) is 17.0 Å². The van der Waals surface area contributed by atoms with Crippen LogP contribution in [0.5, 0.6) is 0 Å². The number of benzene rings is 1. The molecule has 1 saturated heterocycles. The van der Waals surface area contributed by atoms with Crippen LogP contribution in [0.2, 0.25) is 5.15 Å². The van der Waals surface area contributed by atoms with Crippen molar-refractivity contribution in [2.75, 3.05) is 13.1 Å². The fourth-order valence-corrected chi connectivity index (χ4v) is 3.37. The van der Waals surface area contributed by atoms with Crippen molar-refractivity contribution in [2.45, 2.75) is 25.9 Å². The number of aromatic nitrogens is 2. The van der Waals surface area contributed by atoms with E-state index in [9.17, 15) is 9.18 Å². The van der Waals surface area contributed by atoms with Gasteiger partial charge in [-0.2, -0.15) is 5.10 Å². The molecule has 0 aliphatic carbocycles. The zero-order valence-corrected chi connectivity index (χ0v) is 14.5. The van der Waals surface area contributed by atoms with Crippen molar-refractivity contribution in [3.8, 4) is 0 Å². The number of hydrogen-bond acceptors (Lipinski definition) is 3. The summed E-state index contributed by atoms with van der Waals surface area (Å²) in [5.41, 5.74) is 2.49. The standard InChI is InChI=1S/C17H20ClFN4O/c1-3-14-13(16(18)22(2)21-14)10-23-8-7-20-17(24)15(23)11-5-4-6-12(19)9-11/h4-6,9,15H,3,7-8,10H2,1-2H3,(H,20,24)/t15-/m0/s1. The van der Waals surface area contributed by atoms with Gasteiger partial charge in [-0.05, 0) is 24.1 Å². The Kier molecular flexibility index (Phi) is 4.87. The van der Waals surface area contributed by atoms with E-state index in [1.54, 1.807) is 23.9 Å². The van der Waals surface area contributed by atoms with E-state index in [0.29, 0.717) is 30.4 Å². The van der Waals surface area contributed by atoms with Crippen molar-refractivity contribution >= 4 is 17.5 Å². The molecule has 3 rings (SSSR count). The van der Waals surface area contributed by atoms with Crippen LogP contribution in [-0.4, -0.2) is 33.7 Å². The molecule has 1 aliphatic heterocycles. The molecule has 0 saturated carbocycles. The van der Waals surface area contributed by atoms with Gasteiger partial charge in [0.25, 0.3) is 0 Å². The predicted octanol–water partition coefficient (Wildman–Crippen LogP) is 2.45. The van der Waals surface area contributed by atoms with Crippen molar-refractivity contribution < 1.29 is 9.18 Å². The summed E-state index contributed by atoms with van der Waals surface area (Å²) in [4.78, 5) is 14.4. The minimum absolute atomic E-state index is 0.120. The number of halogens is 2. The number of nitrogens with one attached hydrogen (secondary N) is 1. The monoisotopic (exact) mass is 350 g/mol. The van der Waals surface area contributed by atoms with Gasteiger partial charge in [-0.3, -0.25) is 14.4 Å². The molecule has 0 unspecified atom stereocenters. The average Bonchev–Trinajstić information content (AvgIpc) is 2.83. The lowest BCUT2D eigenvalue weighted by Gasteiger charge is -2.35. The Morgan fingerprint density at radius 3 is 2.96 bits per heavy atom. The summed E-state index contributed by atoms with van der Waals surface area (Å²) in [7, 11) is 1.80. The molecule has 7 heteroatoms. The van der Waals surface area contributed by atoms with E-state index in [1.165, 1.54) is 12.1 Å². The number of piperazine rings is 1. The topological polar surface area (TPSA) is 50.2 Å². The van der Waals surface area contributed by atoms with Gasteiger partial charge in [-0.25, -0.2) is 4.39 Å². The third-order valence-corrected chi connectivity index (χ3v) is 4.80. The maximum Gasteiger partial charge on any atom is 0.242 e. The van der Waals surface area contributed by atoms with E-state index in [0.717, 1.165) is 17.7 Å². The van der Waals surface area contributed by atoms with Crippen molar-refractivity contribution in [1.29, 1.82) is 0 Å². The zero-order chi connectivity index (χ0) is 17.3. The van der Waals surface area contributed by atoms with Gasteiger partial charge in [0, 0.05) is 32.2 Å². The molecular weight excluding hydrogens is 331 g/mol. The second-order valence-electron chi connectivity index (χ2n) is 5.91. The highest BCUT2D eigenvalue weighted by Crippen LogP contribution is 2.29. The number of carbonyl (C=O) groups is 1. The first-order valence-corrected chi connectivity index (χ1v) is 8.36. The maximum atomic E-state index is 13.6. The molecule has 1 atom stereocenters. The Labute approximate surface area is 145 Å². The number of hydrogen-bond donors (Lipinski definition) is 1. The van der Waals surface area contributed by atoms with E-state index in [1.807, 2.05) is 11.8 Å². The highest BCUT2D eigenvalue weighted by atomic mass is 35.5. The summed E-state index contributed by atoms with van der Waals surface area (Å²) in [6.07, 6.45) is 0.764. The molecule has 1 N–H and O–H groups in total. The molecular formula is C17H20ClFN4O. The summed E-state index contributed by atoms with van der Waals surface area (Å²) in [6.45, 7) is 3.75. The van der Waals surface area contributed by atoms with Crippen molar-refractivity contribution in [2.24, 2.45) is 7.05 Å². The Morgan fingerprint density at radius 2 is 2.25 bits per heavy atom. The van der Waals surface area contributed by atoms with Crippen LogP contribution in [0, 0.1) is 5.82 Å². The van der Waals surface area contributed by atoms with Crippen LogP contribution in [0.25, 0.3) is 0 Å². The highest BCUT2D eigenvalue weighted by Gasteiger charge is 2.32. The molecule has 5 nitrogen and oxygen atoms in total. The average molecular weight is 351 g/mol. The quantitative estimate of drug-likeness (QED) is 0.921. The van der Waals surface area contributed by atoms with Crippen molar-refractivity contribution in [3.63, 3.8) is 0 Å². The number of carbonyl (C=O) groups excluding carboxylic acids is 1. The van der Waals surface area contributed by atoms with E-state index in [-0.39, 0.29) is 11.7 Å². The number of rotatable bonds is 4. The Hall–Kier alpha value is -1.92. The molecule has 24 heavy (non-hydrogen) atoms. The summed E-state index contributed by atoms with van der Waals surface area (Å²) in [6, 6.07) is 5.65. The second kappa shape index (κ2) is 6.91. The molecule has 1 aliphatic rings. The van der Waals surface area contributed by atoms with E-state index < -0.39 is 6.04 Å². The van der Waals surface area contributed by atoms with Gasteiger partial charge < -0.3 is 5.32 Å². The summed E-state index contributed by atoms with van der Waals surface area (Å²) in [5, 5.41) is 7.86. The highest BCUT2D eigenvalue weighted by molar-refractivity contribution is 6.30. The van der Waals surface area contributed by atoms with Crippen LogP contribution in [0.15, 0.2) is 24.3 Å². The first-order chi connectivity index (χ1) is 11.5. The lowest BCUT2D eigenvalue weighted by Crippen LogP contribution is -2.49. The SMILES string of the molecule is CCc1nn(C)c(Cl)c1CN1CCNC(=O)[C@@H]1c1cccc(F)c1. The van der Waals surface area contributed by atoms with Gasteiger partial charge in [-0.1, -0.05) is 30.7 Å². The van der Waals surface area contributed by atoms with E-state index >= 15 is 0 Å². The molecule has 1 fully saturated rings. The molecule has 1 amide bonds. The smallest absolute Gasteiger partial charge is 0.242 e. The first-order valence-electron chi connectivity index (χ1n) is 7.98. The van der Waals surface area contributed by atoms with Gasteiger partial charge in [0.15, 0.2) is 0 Å². The lowest BCUT2D eigenvalue weighted by molar-refractivity contribution is -0.129. The Bertz CT molecular complexity index is 761. The van der Waals surface area contributed by atoms with Gasteiger partial charge in [0.2, 0.25) is 5.91 Å². The van der Waals surface area contributed by atoms with Gasteiger partial charge in [-0.15, -0.1) is 0 Å². The molecule has 128 valence electrons. The van der Waals surface area contributed by atoms with Crippen LogP contribution < -0.4 is 5.32 Å². The number of nitrogens with zero attached hydrogens (tertiary/aromatic N) is 3. The summed E-state index contributed by atoms with van der Waals surface area (Å²) >= 11 is 6.38. The summed E-state index contributed by atoms with van der Waals surface area (Å²) in [5.74, 6) is -0.468. The molecule has 1 aromatic carbocycles. The zero-order valence-electron chi connectivity index (χ0n) is 13.7. The molecule has 2 heterocycles. The molecule has 0 bridgehead atoms. The fourth-order valence-electron chi connectivity index (χ4n) is 3.17. The van der Waals surface area contributed by atoms with Crippen LogP contribution in [0.3, 0.4) is 0 Å². The van der Waals surface area contributed by atoms with Crippen LogP contribution >= 0.6 is 11.6 Å². The third kappa shape index (κ3) is 3.16. The maximum absolute atomic E-state index is 13.6. The summed E-state index contributed by atoms with van der Waals surface area (Å²) < 4.78 is 15.3. The molecule has 0 radical (unpaired) electrons. The molecule has 2 aromatic rings.